The molecule has 130 valence electrons. The maximum absolute atomic E-state index is 12.0. The molecule has 2 N–H and O–H groups in total. The largest absolute Gasteiger partial charge is 0.493 e. The second kappa shape index (κ2) is 6.94. The van der Waals surface area contributed by atoms with E-state index >= 15 is 0 Å². The van der Waals surface area contributed by atoms with Gasteiger partial charge in [-0.1, -0.05) is 18.2 Å². The summed E-state index contributed by atoms with van der Waals surface area (Å²) in [4.78, 5) is 23.7. The number of hydrogen-bond acceptors (Lipinski definition) is 5. The average Bonchev–Trinajstić information content (AvgIpc) is 2.93. The molecule has 0 radical (unpaired) electrons. The first-order valence-electron chi connectivity index (χ1n) is 7.92. The van der Waals surface area contributed by atoms with Gasteiger partial charge in [-0.15, -0.1) is 0 Å². The van der Waals surface area contributed by atoms with Crippen molar-refractivity contribution in [3.63, 3.8) is 0 Å². The van der Waals surface area contributed by atoms with Crippen molar-refractivity contribution in [2.75, 3.05) is 14.2 Å². The van der Waals surface area contributed by atoms with Crippen LogP contribution in [0.15, 0.2) is 36.4 Å². The third kappa shape index (κ3) is 3.21. The van der Waals surface area contributed by atoms with Gasteiger partial charge in [0.1, 0.15) is 0 Å². The van der Waals surface area contributed by atoms with Crippen LogP contribution in [0.3, 0.4) is 0 Å². The molecule has 0 aliphatic carbocycles. The second-order valence-electron chi connectivity index (χ2n) is 5.80. The number of aliphatic hydroxyl groups excluding tert-OH is 1. The van der Waals surface area contributed by atoms with Crippen molar-refractivity contribution in [2.45, 2.75) is 18.9 Å². The van der Waals surface area contributed by atoms with Crippen LogP contribution in [-0.2, 0) is 6.42 Å². The highest BCUT2D eigenvalue weighted by Gasteiger charge is 2.30. The Morgan fingerprint density at radius 3 is 2.52 bits per heavy atom. The van der Waals surface area contributed by atoms with Gasteiger partial charge in [0.05, 0.1) is 31.5 Å². The van der Waals surface area contributed by atoms with Crippen LogP contribution in [-0.4, -0.2) is 31.1 Å². The zero-order valence-electron chi connectivity index (χ0n) is 14.0. The molecule has 0 aromatic heterocycles. The molecule has 1 unspecified atom stereocenters. The molecule has 1 aliphatic rings. The maximum atomic E-state index is 12.0. The molecule has 0 fully saturated rings. The number of imide groups is 1. The highest BCUT2D eigenvalue weighted by Crippen LogP contribution is 2.31. The molecular formula is C19H19NO5. The van der Waals surface area contributed by atoms with Crippen LogP contribution in [0.5, 0.6) is 11.5 Å². The number of nitrogens with one attached hydrogen (secondary N) is 1. The predicted molar refractivity (Wildman–Crippen MR) is 91.1 cm³/mol. The van der Waals surface area contributed by atoms with Crippen LogP contribution in [0, 0.1) is 0 Å². The van der Waals surface area contributed by atoms with E-state index in [-0.39, 0.29) is 5.56 Å². The third-order valence-electron chi connectivity index (χ3n) is 4.31. The Kier molecular flexibility index (Phi) is 4.72. The van der Waals surface area contributed by atoms with E-state index in [1.807, 2.05) is 18.2 Å². The van der Waals surface area contributed by atoms with Crippen LogP contribution >= 0.6 is 0 Å². The SMILES string of the molecule is COc1ccc(CCC(O)c2cccc3c2C(=O)NC3=O)cc1OC. The van der Waals surface area contributed by atoms with Gasteiger partial charge in [0.25, 0.3) is 11.8 Å². The molecule has 0 saturated heterocycles. The number of fused-ring (bicyclic) bond motifs is 1. The normalized spacial score (nSPS) is 14.0. The van der Waals surface area contributed by atoms with Gasteiger partial charge < -0.3 is 14.6 Å². The summed E-state index contributed by atoms with van der Waals surface area (Å²) in [7, 11) is 3.14. The molecule has 1 atom stereocenters. The van der Waals surface area contributed by atoms with Crippen molar-refractivity contribution < 1.29 is 24.2 Å². The zero-order valence-corrected chi connectivity index (χ0v) is 14.0. The van der Waals surface area contributed by atoms with Crippen molar-refractivity contribution in [3.05, 3.63) is 58.7 Å². The molecule has 3 rings (SSSR count). The predicted octanol–water partition coefficient (Wildman–Crippen LogP) is 2.25. The van der Waals surface area contributed by atoms with Crippen molar-refractivity contribution in [1.29, 1.82) is 0 Å². The molecule has 2 aromatic carbocycles. The Balaban J connectivity index is 1.77. The van der Waals surface area contributed by atoms with Crippen molar-refractivity contribution in [3.8, 4) is 11.5 Å². The van der Waals surface area contributed by atoms with Crippen LogP contribution in [0.2, 0.25) is 0 Å². The van der Waals surface area contributed by atoms with E-state index in [2.05, 4.69) is 5.32 Å². The van der Waals surface area contributed by atoms with Gasteiger partial charge in [-0.2, -0.15) is 0 Å². The second-order valence-corrected chi connectivity index (χ2v) is 5.80. The van der Waals surface area contributed by atoms with E-state index in [9.17, 15) is 14.7 Å². The number of ether oxygens (including phenoxy) is 2. The summed E-state index contributed by atoms with van der Waals surface area (Å²) in [5, 5.41) is 12.8. The number of rotatable bonds is 6. The summed E-state index contributed by atoms with van der Waals surface area (Å²) in [6, 6.07) is 10.5. The Morgan fingerprint density at radius 1 is 1.04 bits per heavy atom. The summed E-state index contributed by atoms with van der Waals surface area (Å²) in [5.41, 5.74) is 2.03. The summed E-state index contributed by atoms with van der Waals surface area (Å²) >= 11 is 0. The van der Waals surface area contributed by atoms with Gasteiger partial charge in [0.15, 0.2) is 11.5 Å². The van der Waals surface area contributed by atoms with Gasteiger partial charge in [-0.05, 0) is 42.2 Å². The highest BCUT2D eigenvalue weighted by atomic mass is 16.5. The first-order chi connectivity index (χ1) is 12.0. The number of amides is 2. The van der Waals surface area contributed by atoms with Gasteiger partial charge in [0.2, 0.25) is 0 Å². The lowest BCUT2D eigenvalue weighted by atomic mass is 9.95. The molecule has 2 amide bonds. The van der Waals surface area contributed by atoms with Crippen LogP contribution < -0.4 is 14.8 Å². The molecule has 6 nitrogen and oxygen atoms in total. The summed E-state index contributed by atoms with van der Waals surface area (Å²) in [6.45, 7) is 0. The minimum Gasteiger partial charge on any atom is -0.493 e. The fourth-order valence-electron chi connectivity index (χ4n) is 3.02. The summed E-state index contributed by atoms with van der Waals surface area (Å²) < 4.78 is 10.5. The van der Waals surface area contributed by atoms with Crippen LogP contribution in [0.25, 0.3) is 0 Å². The minimum atomic E-state index is -0.848. The molecule has 0 saturated carbocycles. The first-order valence-corrected chi connectivity index (χ1v) is 7.92. The molecule has 0 spiro atoms. The fourth-order valence-corrected chi connectivity index (χ4v) is 3.02. The maximum Gasteiger partial charge on any atom is 0.259 e. The summed E-state index contributed by atoms with van der Waals surface area (Å²) in [5.74, 6) is 0.387. The van der Waals surface area contributed by atoms with Crippen molar-refractivity contribution in [2.24, 2.45) is 0 Å². The average molecular weight is 341 g/mol. The van der Waals surface area contributed by atoms with E-state index in [0.717, 1.165) is 5.56 Å². The number of hydrogen-bond donors (Lipinski definition) is 2. The standard InChI is InChI=1S/C19H19NO5/c1-24-15-9-7-11(10-16(15)25-2)6-8-14(21)12-4-3-5-13-17(12)19(23)20-18(13)22/h3-5,7,9-10,14,21H,6,8H2,1-2H3,(H,20,22,23). The minimum absolute atomic E-state index is 0.271. The topological polar surface area (TPSA) is 84.9 Å². The van der Waals surface area contributed by atoms with Crippen LogP contribution in [0.4, 0.5) is 0 Å². The Labute approximate surface area is 145 Å². The molecule has 1 heterocycles. The van der Waals surface area contributed by atoms with E-state index in [1.165, 1.54) is 0 Å². The third-order valence-corrected chi connectivity index (χ3v) is 4.31. The number of carbonyl (C=O) groups is 2. The Morgan fingerprint density at radius 2 is 1.80 bits per heavy atom. The monoisotopic (exact) mass is 341 g/mol. The fraction of sp³-hybridized carbons (Fsp3) is 0.263. The number of carbonyl (C=O) groups excluding carboxylic acids is 2. The number of aliphatic hydroxyl groups is 1. The smallest absolute Gasteiger partial charge is 0.259 e. The van der Waals surface area contributed by atoms with E-state index in [0.29, 0.717) is 35.5 Å². The zero-order chi connectivity index (χ0) is 18.0. The number of aryl methyl sites for hydroxylation is 1. The van der Waals surface area contributed by atoms with Crippen molar-refractivity contribution in [1.82, 2.24) is 5.32 Å². The molecule has 2 aromatic rings. The lowest BCUT2D eigenvalue weighted by molar-refractivity contribution is 0.0876. The summed E-state index contributed by atoms with van der Waals surface area (Å²) in [6.07, 6.45) is 0.147. The van der Waals surface area contributed by atoms with E-state index < -0.39 is 17.9 Å². The quantitative estimate of drug-likeness (QED) is 0.787. The van der Waals surface area contributed by atoms with Gasteiger partial charge in [-0.25, -0.2) is 0 Å². The Hall–Kier alpha value is -2.86. The number of methoxy groups -OCH3 is 2. The molecular weight excluding hydrogens is 322 g/mol. The highest BCUT2D eigenvalue weighted by molar-refractivity contribution is 6.22. The van der Waals surface area contributed by atoms with Crippen molar-refractivity contribution >= 4 is 11.8 Å². The van der Waals surface area contributed by atoms with Crippen LogP contribution in [0.1, 0.15) is 44.4 Å². The van der Waals surface area contributed by atoms with E-state index in [1.54, 1.807) is 32.4 Å². The lowest BCUT2D eigenvalue weighted by Gasteiger charge is -2.14. The van der Waals surface area contributed by atoms with Gasteiger partial charge >= 0.3 is 0 Å². The Bertz CT molecular complexity index is 831. The first kappa shape index (κ1) is 17.0. The molecule has 1 aliphatic heterocycles. The van der Waals surface area contributed by atoms with E-state index in [4.69, 9.17) is 9.47 Å². The molecule has 0 bridgehead atoms. The lowest BCUT2D eigenvalue weighted by Crippen LogP contribution is -2.20. The molecule has 25 heavy (non-hydrogen) atoms. The van der Waals surface area contributed by atoms with Gasteiger partial charge in [0, 0.05) is 0 Å². The van der Waals surface area contributed by atoms with Gasteiger partial charge in [-0.3, -0.25) is 14.9 Å². The molecule has 6 heteroatoms. The number of benzene rings is 2.